The van der Waals surface area contributed by atoms with E-state index in [4.69, 9.17) is 9.47 Å². The number of para-hydroxylation sites is 1. The molecule has 0 aliphatic rings. The summed E-state index contributed by atoms with van der Waals surface area (Å²) in [7, 11) is 1.48. The van der Waals surface area contributed by atoms with Crippen LogP contribution in [0.3, 0.4) is 0 Å². The van der Waals surface area contributed by atoms with Gasteiger partial charge in [0.25, 0.3) is 5.91 Å². The number of methoxy groups -OCH3 is 1. The Bertz CT molecular complexity index is 725. The molecule has 0 aromatic heterocycles. The lowest BCUT2D eigenvalue weighted by Crippen LogP contribution is -2.32. The third-order valence-electron chi connectivity index (χ3n) is 3.88. The standard InChI is InChI=1S/C20H23NO4/c1-4-17(15-11-9-14(2)10-12-15)21-19(22)13-25-20(23)16-7-5-6-8-18(16)24-3/h5-12,17H,4,13H2,1-3H3,(H,21,22)/t17-/m0/s1. The van der Waals surface area contributed by atoms with Crippen molar-refractivity contribution in [2.24, 2.45) is 0 Å². The Hall–Kier alpha value is -2.82. The van der Waals surface area contributed by atoms with E-state index in [9.17, 15) is 9.59 Å². The molecule has 5 heteroatoms. The molecule has 0 spiro atoms. The molecule has 0 unspecified atom stereocenters. The fourth-order valence-electron chi connectivity index (χ4n) is 2.48. The fraction of sp³-hybridized carbons (Fsp3) is 0.300. The predicted molar refractivity (Wildman–Crippen MR) is 95.6 cm³/mol. The monoisotopic (exact) mass is 341 g/mol. The van der Waals surface area contributed by atoms with Gasteiger partial charge >= 0.3 is 5.97 Å². The summed E-state index contributed by atoms with van der Waals surface area (Å²) < 4.78 is 10.2. The van der Waals surface area contributed by atoms with Crippen molar-refractivity contribution in [1.29, 1.82) is 0 Å². The summed E-state index contributed by atoms with van der Waals surface area (Å²) in [5.41, 5.74) is 2.48. The van der Waals surface area contributed by atoms with Gasteiger partial charge in [-0.2, -0.15) is 0 Å². The van der Waals surface area contributed by atoms with Crippen molar-refractivity contribution < 1.29 is 19.1 Å². The van der Waals surface area contributed by atoms with Crippen LogP contribution in [0.4, 0.5) is 0 Å². The van der Waals surface area contributed by atoms with Gasteiger partial charge in [-0.1, -0.05) is 48.9 Å². The molecule has 0 saturated carbocycles. The van der Waals surface area contributed by atoms with Gasteiger partial charge in [-0.05, 0) is 31.0 Å². The third-order valence-corrected chi connectivity index (χ3v) is 3.88. The van der Waals surface area contributed by atoms with Crippen LogP contribution in [0, 0.1) is 6.92 Å². The average molecular weight is 341 g/mol. The molecule has 0 radical (unpaired) electrons. The fourth-order valence-corrected chi connectivity index (χ4v) is 2.48. The van der Waals surface area contributed by atoms with Crippen molar-refractivity contribution in [3.8, 4) is 5.75 Å². The zero-order valence-electron chi connectivity index (χ0n) is 14.7. The second kappa shape index (κ2) is 8.87. The molecular formula is C20H23NO4. The highest BCUT2D eigenvalue weighted by Gasteiger charge is 2.17. The number of benzene rings is 2. The molecule has 25 heavy (non-hydrogen) atoms. The molecule has 0 aliphatic heterocycles. The van der Waals surface area contributed by atoms with E-state index in [1.165, 1.54) is 7.11 Å². The number of rotatable bonds is 7. The van der Waals surface area contributed by atoms with Crippen molar-refractivity contribution in [2.75, 3.05) is 13.7 Å². The largest absolute Gasteiger partial charge is 0.496 e. The molecule has 0 heterocycles. The maximum absolute atomic E-state index is 12.1. The summed E-state index contributed by atoms with van der Waals surface area (Å²) in [5, 5.41) is 2.89. The minimum absolute atomic E-state index is 0.113. The van der Waals surface area contributed by atoms with Gasteiger partial charge in [0.2, 0.25) is 0 Å². The second-order valence-electron chi connectivity index (χ2n) is 5.72. The number of esters is 1. The van der Waals surface area contributed by atoms with Crippen LogP contribution in [0.2, 0.25) is 0 Å². The van der Waals surface area contributed by atoms with E-state index in [1.807, 2.05) is 38.1 Å². The lowest BCUT2D eigenvalue weighted by atomic mass is 10.0. The van der Waals surface area contributed by atoms with Crippen LogP contribution < -0.4 is 10.1 Å². The number of ether oxygens (including phenoxy) is 2. The first-order valence-electron chi connectivity index (χ1n) is 8.21. The summed E-state index contributed by atoms with van der Waals surface area (Å²) in [5.74, 6) is -0.509. The molecule has 5 nitrogen and oxygen atoms in total. The van der Waals surface area contributed by atoms with Gasteiger partial charge in [0.15, 0.2) is 6.61 Å². The molecule has 2 aromatic rings. The van der Waals surface area contributed by atoms with Gasteiger partial charge in [0.05, 0.1) is 13.2 Å². The molecule has 0 bridgehead atoms. The zero-order chi connectivity index (χ0) is 18.2. The van der Waals surface area contributed by atoms with Crippen LogP contribution >= 0.6 is 0 Å². The summed E-state index contributed by atoms with van der Waals surface area (Å²) >= 11 is 0. The van der Waals surface area contributed by atoms with Gasteiger partial charge in [-0.25, -0.2) is 4.79 Å². The maximum atomic E-state index is 12.1. The lowest BCUT2D eigenvalue weighted by Gasteiger charge is -2.18. The smallest absolute Gasteiger partial charge is 0.342 e. The van der Waals surface area contributed by atoms with Crippen LogP contribution in [0.15, 0.2) is 48.5 Å². The summed E-state index contributed by atoms with van der Waals surface area (Å²) in [6.45, 7) is 3.67. The van der Waals surface area contributed by atoms with Crippen molar-refractivity contribution >= 4 is 11.9 Å². The van der Waals surface area contributed by atoms with E-state index in [1.54, 1.807) is 24.3 Å². The zero-order valence-corrected chi connectivity index (χ0v) is 14.7. The Kier molecular flexibility index (Phi) is 6.57. The first kappa shape index (κ1) is 18.5. The number of hydrogen-bond donors (Lipinski definition) is 1. The first-order valence-corrected chi connectivity index (χ1v) is 8.21. The number of nitrogens with one attached hydrogen (secondary N) is 1. The van der Waals surface area contributed by atoms with Crippen LogP contribution in [-0.2, 0) is 9.53 Å². The van der Waals surface area contributed by atoms with Crippen molar-refractivity contribution in [3.05, 3.63) is 65.2 Å². The first-order chi connectivity index (χ1) is 12.0. The van der Waals surface area contributed by atoms with Gasteiger partial charge in [0, 0.05) is 0 Å². The Morgan fingerprint density at radius 3 is 2.40 bits per heavy atom. The summed E-state index contributed by atoms with van der Waals surface area (Å²) in [6.07, 6.45) is 0.745. The van der Waals surface area contributed by atoms with Gasteiger partial charge in [-0.3, -0.25) is 4.79 Å². The average Bonchev–Trinajstić information content (AvgIpc) is 2.64. The molecule has 1 atom stereocenters. The molecule has 1 N–H and O–H groups in total. The van der Waals surface area contributed by atoms with Gasteiger partial charge in [0.1, 0.15) is 11.3 Å². The third kappa shape index (κ3) is 5.08. The van der Waals surface area contributed by atoms with E-state index in [-0.39, 0.29) is 18.6 Å². The lowest BCUT2D eigenvalue weighted by molar-refractivity contribution is -0.125. The molecule has 1 amide bonds. The SMILES string of the molecule is CC[C@H](NC(=O)COC(=O)c1ccccc1OC)c1ccc(C)cc1. The molecule has 0 fully saturated rings. The van der Waals surface area contributed by atoms with Crippen LogP contribution in [-0.4, -0.2) is 25.6 Å². The highest BCUT2D eigenvalue weighted by Crippen LogP contribution is 2.19. The van der Waals surface area contributed by atoms with E-state index < -0.39 is 5.97 Å². The quantitative estimate of drug-likeness (QED) is 0.784. The molecule has 2 aromatic carbocycles. The van der Waals surface area contributed by atoms with E-state index in [0.717, 1.165) is 17.5 Å². The number of aryl methyl sites for hydroxylation is 1. The second-order valence-corrected chi connectivity index (χ2v) is 5.72. The van der Waals surface area contributed by atoms with Gasteiger partial charge < -0.3 is 14.8 Å². The van der Waals surface area contributed by atoms with Crippen molar-refractivity contribution in [3.63, 3.8) is 0 Å². The number of amides is 1. The summed E-state index contributed by atoms with van der Waals surface area (Å²) in [6, 6.07) is 14.6. The van der Waals surface area contributed by atoms with Crippen molar-refractivity contribution in [2.45, 2.75) is 26.3 Å². The Labute approximate surface area is 148 Å². The van der Waals surface area contributed by atoms with Crippen molar-refractivity contribution in [1.82, 2.24) is 5.32 Å². The highest BCUT2D eigenvalue weighted by atomic mass is 16.5. The molecular weight excluding hydrogens is 318 g/mol. The predicted octanol–water partition coefficient (Wildman–Crippen LogP) is 3.43. The van der Waals surface area contributed by atoms with Gasteiger partial charge in [-0.15, -0.1) is 0 Å². The molecule has 132 valence electrons. The van der Waals surface area contributed by atoms with Crippen LogP contribution in [0.1, 0.15) is 40.9 Å². The minimum Gasteiger partial charge on any atom is -0.496 e. The molecule has 2 rings (SSSR count). The van der Waals surface area contributed by atoms with E-state index >= 15 is 0 Å². The topological polar surface area (TPSA) is 64.6 Å². The number of hydrogen-bond acceptors (Lipinski definition) is 4. The van der Waals surface area contributed by atoms with E-state index in [0.29, 0.717) is 11.3 Å². The normalized spacial score (nSPS) is 11.5. The Balaban J connectivity index is 1.93. The van der Waals surface area contributed by atoms with E-state index in [2.05, 4.69) is 5.32 Å². The molecule has 0 aliphatic carbocycles. The summed E-state index contributed by atoms with van der Waals surface area (Å²) in [4.78, 5) is 24.2. The minimum atomic E-state index is -0.587. The maximum Gasteiger partial charge on any atom is 0.342 e. The van der Waals surface area contributed by atoms with Crippen LogP contribution in [0.5, 0.6) is 5.75 Å². The highest BCUT2D eigenvalue weighted by molar-refractivity contribution is 5.94. The molecule has 0 saturated heterocycles. The Morgan fingerprint density at radius 1 is 1.08 bits per heavy atom. The number of carbonyl (C=O) groups is 2. The Morgan fingerprint density at radius 2 is 1.76 bits per heavy atom. The number of carbonyl (C=O) groups excluding carboxylic acids is 2. The van der Waals surface area contributed by atoms with Crippen LogP contribution in [0.25, 0.3) is 0 Å².